The molecule has 20 heavy (non-hydrogen) atoms. The first-order chi connectivity index (χ1) is 9.10. The van der Waals surface area contributed by atoms with Gasteiger partial charge in [-0.25, -0.2) is 26.7 Å². The third kappa shape index (κ3) is 5.92. The van der Waals surface area contributed by atoms with Gasteiger partial charge in [-0.1, -0.05) is 24.4 Å². The molecule has 0 heterocycles. The summed E-state index contributed by atoms with van der Waals surface area (Å²) in [5, 5.41) is 4.78. The van der Waals surface area contributed by atoms with Crippen molar-refractivity contribution in [3.05, 3.63) is 29.8 Å². The number of sulfonamides is 2. The van der Waals surface area contributed by atoms with Gasteiger partial charge >= 0.3 is 0 Å². The number of nitrogens with two attached hydrogens (primary N) is 2. The molecule has 0 aliphatic rings. The Morgan fingerprint density at radius 3 is 2.15 bits per heavy atom. The second-order valence-electron chi connectivity index (χ2n) is 4.05. The first-order valence-corrected chi connectivity index (χ1v) is 9.08. The third-order valence-corrected chi connectivity index (χ3v) is 4.69. The Hall–Kier alpha value is -1.07. The molecular weight excluding hydrogens is 322 g/mol. The molecule has 1 aromatic rings. The normalized spacial score (nSPS) is 12.2. The number of nitrogens with one attached hydrogen (secondary N) is 1. The summed E-state index contributed by atoms with van der Waals surface area (Å²) in [5.74, 6) is -0.467. The van der Waals surface area contributed by atoms with E-state index in [9.17, 15) is 16.8 Å². The smallest absolute Gasteiger partial charge is 0.240 e. The fourth-order valence-electron chi connectivity index (χ4n) is 1.39. The van der Waals surface area contributed by atoms with Gasteiger partial charge in [0.05, 0.1) is 15.6 Å². The van der Waals surface area contributed by atoms with Gasteiger partial charge in [-0.05, 0) is 17.7 Å². The molecule has 5 N–H and O–H groups in total. The fourth-order valence-corrected chi connectivity index (χ4v) is 3.10. The highest BCUT2D eigenvalue weighted by atomic mass is 32.2. The van der Waals surface area contributed by atoms with Crippen LogP contribution in [0.2, 0.25) is 0 Å². The molecule has 1 aromatic carbocycles. The molecule has 0 amide bonds. The lowest BCUT2D eigenvalue weighted by atomic mass is 10.1. The van der Waals surface area contributed by atoms with E-state index in [1.807, 2.05) is 0 Å². The van der Waals surface area contributed by atoms with E-state index >= 15 is 0 Å². The predicted molar refractivity (Wildman–Crippen MR) is 80.1 cm³/mol. The Labute approximate surface area is 123 Å². The van der Waals surface area contributed by atoms with Crippen LogP contribution in [-0.2, 0) is 26.5 Å². The molecule has 0 atom stereocenters. The van der Waals surface area contributed by atoms with Crippen molar-refractivity contribution in [2.45, 2.75) is 11.3 Å². The lowest BCUT2D eigenvalue weighted by Gasteiger charge is -2.07. The Kier molecular flexibility index (Phi) is 5.59. The molecule has 112 valence electrons. The topological polar surface area (TPSA) is 132 Å². The lowest BCUT2D eigenvalue weighted by molar-refractivity contribution is 0.581. The summed E-state index contributed by atoms with van der Waals surface area (Å²) in [6, 6.07) is 5.97. The second kappa shape index (κ2) is 6.59. The van der Waals surface area contributed by atoms with Gasteiger partial charge in [0.25, 0.3) is 0 Å². The molecular formula is C10H15N3O4S3. The highest BCUT2D eigenvalue weighted by molar-refractivity contribution is 7.90. The minimum atomic E-state index is -3.76. The molecule has 0 saturated carbocycles. The van der Waals surface area contributed by atoms with Gasteiger partial charge in [0.1, 0.15) is 0 Å². The highest BCUT2D eigenvalue weighted by Crippen LogP contribution is 2.10. The van der Waals surface area contributed by atoms with Crippen molar-refractivity contribution in [3.63, 3.8) is 0 Å². The number of benzene rings is 1. The average Bonchev–Trinajstić information content (AvgIpc) is 2.26. The molecule has 0 aromatic heterocycles. The van der Waals surface area contributed by atoms with Crippen molar-refractivity contribution in [2.24, 2.45) is 10.9 Å². The van der Waals surface area contributed by atoms with Crippen LogP contribution in [0.25, 0.3) is 0 Å². The molecule has 10 heteroatoms. The van der Waals surface area contributed by atoms with Crippen LogP contribution >= 0.6 is 12.2 Å². The highest BCUT2D eigenvalue weighted by Gasteiger charge is 2.14. The minimum absolute atomic E-state index is 0.0265. The van der Waals surface area contributed by atoms with Crippen molar-refractivity contribution < 1.29 is 16.8 Å². The minimum Gasteiger partial charge on any atom is -0.393 e. The molecule has 0 aliphatic carbocycles. The molecule has 0 spiro atoms. The van der Waals surface area contributed by atoms with Gasteiger partial charge in [0.2, 0.25) is 20.0 Å². The third-order valence-electron chi connectivity index (χ3n) is 2.29. The zero-order chi connectivity index (χ0) is 15.4. The van der Waals surface area contributed by atoms with Crippen LogP contribution in [0.3, 0.4) is 0 Å². The van der Waals surface area contributed by atoms with Crippen LogP contribution in [0.1, 0.15) is 5.56 Å². The zero-order valence-corrected chi connectivity index (χ0v) is 12.9. The van der Waals surface area contributed by atoms with Crippen molar-refractivity contribution in [1.82, 2.24) is 4.72 Å². The van der Waals surface area contributed by atoms with Gasteiger partial charge in [0.15, 0.2) is 0 Å². The van der Waals surface area contributed by atoms with Crippen molar-refractivity contribution in [2.75, 3.05) is 12.3 Å². The summed E-state index contributed by atoms with van der Waals surface area (Å²) < 4.78 is 47.3. The van der Waals surface area contributed by atoms with E-state index in [1.165, 1.54) is 12.1 Å². The van der Waals surface area contributed by atoms with Gasteiger partial charge in [-0.2, -0.15) is 0 Å². The van der Waals surface area contributed by atoms with Crippen LogP contribution in [0.4, 0.5) is 0 Å². The van der Waals surface area contributed by atoms with Crippen LogP contribution < -0.4 is 15.6 Å². The van der Waals surface area contributed by atoms with E-state index < -0.39 is 25.8 Å². The molecule has 1 rings (SSSR count). The summed E-state index contributed by atoms with van der Waals surface area (Å²) in [4.78, 5) is 0.338. The maximum atomic E-state index is 11.9. The van der Waals surface area contributed by atoms with E-state index in [4.69, 9.17) is 23.1 Å². The molecule has 7 nitrogen and oxygen atoms in total. The first kappa shape index (κ1) is 17.0. The lowest BCUT2D eigenvalue weighted by Crippen LogP contribution is -2.31. The van der Waals surface area contributed by atoms with E-state index in [1.54, 1.807) is 12.1 Å². The Balaban J connectivity index is 2.75. The summed E-state index contributed by atoms with van der Waals surface area (Å²) >= 11 is 4.75. The maximum absolute atomic E-state index is 11.9. The predicted octanol–water partition coefficient (Wildman–Crippen LogP) is -0.918. The standard InChI is InChI=1S/C10H15N3O4S3/c11-10(18)7-8-1-3-9(4-2-8)20(16,17)13-5-6-19(12,14)15/h1-4,13H,5-7H2,(H2,11,18)(H2,12,14,15). The number of hydrogen-bond donors (Lipinski definition) is 3. The van der Waals surface area contributed by atoms with Crippen molar-refractivity contribution in [3.8, 4) is 0 Å². The summed E-state index contributed by atoms with van der Waals surface area (Å²) in [7, 11) is -7.47. The second-order valence-corrected chi connectivity index (χ2v) is 8.08. The van der Waals surface area contributed by atoms with E-state index in [0.717, 1.165) is 5.56 Å². The molecule has 0 radical (unpaired) electrons. The van der Waals surface area contributed by atoms with Crippen LogP contribution in [0.15, 0.2) is 29.2 Å². The van der Waals surface area contributed by atoms with E-state index in [2.05, 4.69) is 4.72 Å². The van der Waals surface area contributed by atoms with Crippen molar-refractivity contribution >= 4 is 37.3 Å². The Morgan fingerprint density at radius 1 is 1.15 bits per heavy atom. The number of rotatable bonds is 7. The summed E-state index contributed by atoms with van der Waals surface area (Å²) in [5.41, 5.74) is 6.18. The largest absolute Gasteiger partial charge is 0.393 e. The number of hydrogen-bond acceptors (Lipinski definition) is 5. The number of primary sulfonamides is 1. The molecule has 0 aliphatic heterocycles. The van der Waals surface area contributed by atoms with Gasteiger partial charge < -0.3 is 5.73 Å². The van der Waals surface area contributed by atoms with E-state index in [-0.39, 0.29) is 11.4 Å². The quantitative estimate of drug-likeness (QED) is 0.551. The molecule has 0 fully saturated rings. The number of thiocarbonyl (C=S) groups is 1. The monoisotopic (exact) mass is 337 g/mol. The van der Waals surface area contributed by atoms with Crippen molar-refractivity contribution in [1.29, 1.82) is 0 Å². The zero-order valence-electron chi connectivity index (χ0n) is 10.4. The van der Waals surface area contributed by atoms with Crippen LogP contribution in [-0.4, -0.2) is 34.1 Å². The van der Waals surface area contributed by atoms with Gasteiger partial charge in [0, 0.05) is 13.0 Å². The van der Waals surface area contributed by atoms with Crippen LogP contribution in [0.5, 0.6) is 0 Å². The maximum Gasteiger partial charge on any atom is 0.240 e. The molecule has 0 unspecified atom stereocenters. The van der Waals surface area contributed by atoms with Crippen LogP contribution in [0, 0.1) is 0 Å². The average molecular weight is 337 g/mol. The summed E-state index contributed by atoms with van der Waals surface area (Å²) in [6.07, 6.45) is 0.383. The molecule has 0 bridgehead atoms. The van der Waals surface area contributed by atoms with E-state index in [0.29, 0.717) is 11.4 Å². The summed E-state index contributed by atoms with van der Waals surface area (Å²) in [6.45, 7) is -0.282. The fraction of sp³-hybridized carbons (Fsp3) is 0.300. The SMILES string of the molecule is NC(=S)Cc1ccc(S(=O)(=O)NCCS(N)(=O)=O)cc1. The first-order valence-electron chi connectivity index (χ1n) is 5.47. The Bertz CT molecular complexity index is 681. The van der Waals surface area contributed by atoms with Gasteiger partial charge in [-0.15, -0.1) is 0 Å². The Morgan fingerprint density at radius 2 is 1.70 bits per heavy atom. The molecule has 0 saturated heterocycles. The van der Waals surface area contributed by atoms with Gasteiger partial charge in [-0.3, -0.25) is 0 Å².